The van der Waals surface area contributed by atoms with Gasteiger partial charge in [-0.2, -0.15) is 0 Å². The summed E-state index contributed by atoms with van der Waals surface area (Å²) in [4.78, 5) is 38.3. The normalized spacial score (nSPS) is 11.6. The minimum atomic E-state index is -0.902. The van der Waals surface area contributed by atoms with E-state index >= 15 is 0 Å². The van der Waals surface area contributed by atoms with Crippen molar-refractivity contribution in [3.8, 4) is 11.5 Å². The van der Waals surface area contributed by atoms with E-state index in [9.17, 15) is 19.7 Å². The van der Waals surface area contributed by atoms with Crippen LogP contribution in [0.5, 0.6) is 11.5 Å². The van der Waals surface area contributed by atoms with Crippen molar-refractivity contribution in [1.82, 2.24) is 10.2 Å². The monoisotopic (exact) mass is 607 g/mol. The zero-order chi connectivity index (χ0) is 27.3. The molecule has 1 N–H and O–H groups in total. The number of carbonyl (C=O) groups is 2. The van der Waals surface area contributed by atoms with Crippen LogP contribution in [0.1, 0.15) is 29.8 Å². The minimum Gasteiger partial charge on any atom is -0.457 e. The molecule has 0 aliphatic carbocycles. The molecule has 0 spiro atoms. The van der Waals surface area contributed by atoms with Gasteiger partial charge in [-0.3, -0.25) is 19.7 Å². The maximum atomic E-state index is 13.4. The Kier molecular flexibility index (Phi) is 9.53. The fraction of sp³-hybridized carbons (Fsp3) is 0.231. The van der Waals surface area contributed by atoms with Crippen LogP contribution in [0.25, 0.3) is 0 Å². The van der Waals surface area contributed by atoms with E-state index in [1.165, 1.54) is 17.0 Å². The summed E-state index contributed by atoms with van der Waals surface area (Å²) in [7, 11) is 1.62. The van der Waals surface area contributed by atoms with Gasteiger partial charge in [-0.05, 0) is 42.3 Å². The molecule has 0 heterocycles. The number of nitrogens with one attached hydrogen (secondary N) is 1. The van der Waals surface area contributed by atoms with Crippen LogP contribution in [0.2, 0.25) is 10.0 Å². The van der Waals surface area contributed by atoms with Crippen LogP contribution in [-0.2, 0) is 11.3 Å². The lowest BCUT2D eigenvalue weighted by Crippen LogP contribution is -2.50. The maximum Gasteiger partial charge on any atom is 0.270 e. The van der Waals surface area contributed by atoms with Gasteiger partial charge < -0.3 is 15.0 Å². The molecule has 0 aliphatic rings. The molecule has 3 aromatic rings. The van der Waals surface area contributed by atoms with Crippen molar-refractivity contribution in [3.63, 3.8) is 0 Å². The van der Waals surface area contributed by atoms with Crippen molar-refractivity contribution in [3.05, 3.63) is 96.4 Å². The number of hydrogen-bond donors (Lipinski definition) is 1. The third-order valence-electron chi connectivity index (χ3n) is 5.46. The summed E-state index contributed by atoms with van der Waals surface area (Å²) in [5.41, 5.74) is 0.373. The summed E-state index contributed by atoms with van der Waals surface area (Å²) >= 11 is 15.6. The SMILES string of the molecule is CC(C)C(NC(=O)c1cc([N+](=O)[O-])ccc1Cl)C(=O)N(C)Cc1ccc(Br)cc1Oc1cccc(Cl)c1. The number of halogens is 3. The molecule has 3 aromatic carbocycles. The summed E-state index contributed by atoms with van der Waals surface area (Å²) in [6.07, 6.45) is 0. The molecule has 1 unspecified atom stereocenters. The van der Waals surface area contributed by atoms with Crippen molar-refractivity contribution in [2.75, 3.05) is 7.05 Å². The quantitative estimate of drug-likeness (QED) is 0.211. The van der Waals surface area contributed by atoms with Gasteiger partial charge in [0.15, 0.2) is 0 Å². The summed E-state index contributed by atoms with van der Waals surface area (Å²) in [6.45, 7) is 3.77. The van der Waals surface area contributed by atoms with E-state index in [1.54, 1.807) is 51.2 Å². The number of likely N-dealkylation sites (N-methyl/N-ethyl adjacent to an activating group) is 1. The second kappa shape index (κ2) is 12.4. The second-order valence-electron chi connectivity index (χ2n) is 8.62. The average Bonchev–Trinajstić information content (AvgIpc) is 2.83. The fourth-order valence-electron chi connectivity index (χ4n) is 3.52. The van der Waals surface area contributed by atoms with Crippen molar-refractivity contribution in [1.29, 1.82) is 0 Å². The van der Waals surface area contributed by atoms with Gasteiger partial charge in [0.2, 0.25) is 5.91 Å². The number of rotatable bonds is 9. The Hall–Kier alpha value is -3.14. The molecular formula is C26H24BrCl2N3O5. The first-order valence-electron chi connectivity index (χ1n) is 11.2. The summed E-state index contributed by atoms with van der Waals surface area (Å²) in [5, 5.41) is 14.4. The van der Waals surface area contributed by atoms with Crippen LogP contribution in [0.4, 0.5) is 5.69 Å². The van der Waals surface area contributed by atoms with Crippen molar-refractivity contribution in [2.45, 2.75) is 26.4 Å². The number of benzene rings is 3. The molecule has 0 radical (unpaired) electrons. The van der Waals surface area contributed by atoms with E-state index in [2.05, 4.69) is 21.2 Å². The van der Waals surface area contributed by atoms with E-state index in [0.717, 1.165) is 16.1 Å². The lowest BCUT2D eigenvalue weighted by molar-refractivity contribution is -0.384. The standard InChI is InChI=1S/C26H24BrCl2N3O5/c1-15(2)24(30-25(33)21-13-19(32(35)36)9-10-22(21)29)26(34)31(3)14-16-7-8-17(27)11-23(16)37-20-6-4-5-18(28)12-20/h4-13,15,24H,14H2,1-3H3,(H,30,33). The first-order valence-corrected chi connectivity index (χ1v) is 12.7. The number of hydrogen-bond acceptors (Lipinski definition) is 5. The van der Waals surface area contributed by atoms with Gasteiger partial charge in [0, 0.05) is 40.8 Å². The molecule has 194 valence electrons. The average molecular weight is 609 g/mol. The van der Waals surface area contributed by atoms with Gasteiger partial charge in [0.25, 0.3) is 11.6 Å². The van der Waals surface area contributed by atoms with E-state index in [-0.39, 0.29) is 34.6 Å². The first-order chi connectivity index (χ1) is 17.5. The molecule has 0 bridgehead atoms. The minimum absolute atomic E-state index is 0.0454. The first kappa shape index (κ1) is 28.4. The lowest BCUT2D eigenvalue weighted by atomic mass is 10.0. The Balaban J connectivity index is 1.80. The van der Waals surface area contributed by atoms with Crippen LogP contribution in [0.3, 0.4) is 0 Å². The van der Waals surface area contributed by atoms with Gasteiger partial charge in [0.05, 0.1) is 15.5 Å². The van der Waals surface area contributed by atoms with E-state index in [1.807, 2.05) is 12.1 Å². The molecule has 0 aliphatic heterocycles. The molecule has 11 heteroatoms. The highest BCUT2D eigenvalue weighted by molar-refractivity contribution is 9.10. The van der Waals surface area contributed by atoms with Crippen LogP contribution >= 0.6 is 39.1 Å². The summed E-state index contributed by atoms with van der Waals surface area (Å²) in [5.74, 6) is -0.223. The largest absolute Gasteiger partial charge is 0.457 e. The molecular weight excluding hydrogens is 585 g/mol. The topological polar surface area (TPSA) is 102 Å². The molecule has 0 aromatic heterocycles. The highest BCUT2D eigenvalue weighted by atomic mass is 79.9. The molecule has 2 amide bonds. The third-order valence-corrected chi connectivity index (χ3v) is 6.52. The van der Waals surface area contributed by atoms with Crippen LogP contribution < -0.4 is 10.1 Å². The van der Waals surface area contributed by atoms with E-state index in [4.69, 9.17) is 27.9 Å². The van der Waals surface area contributed by atoms with Crippen molar-refractivity contribution in [2.24, 2.45) is 5.92 Å². The smallest absolute Gasteiger partial charge is 0.270 e. The fourth-order valence-corrected chi connectivity index (χ4v) is 4.24. The third kappa shape index (κ3) is 7.44. The number of nitro groups is 1. The molecule has 8 nitrogen and oxygen atoms in total. The van der Waals surface area contributed by atoms with Gasteiger partial charge >= 0.3 is 0 Å². The number of ether oxygens (including phenoxy) is 1. The molecule has 37 heavy (non-hydrogen) atoms. The number of non-ortho nitro benzene ring substituents is 1. The molecule has 0 fully saturated rings. The zero-order valence-electron chi connectivity index (χ0n) is 20.2. The van der Waals surface area contributed by atoms with Gasteiger partial charge in [-0.25, -0.2) is 0 Å². The van der Waals surface area contributed by atoms with Gasteiger partial charge in [0.1, 0.15) is 17.5 Å². The Bertz CT molecular complexity index is 1340. The highest BCUT2D eigenvalue weighted by Gasteiger charge is 2.29. The Morgan fingerprint density at radius 2 is 1.84 bits per heavy atom. The summed E-state index contributed by atoms with van der Waals surface area (Å²) in [6, 6.07) is 15.1. The Morgan fingerprint density at radius 1 is 1.11 bits per heavy atom. The number of nitro benzene ring substituents is 1. The van der Waals surface area contributed by atoms with E-state index < -0.39 is 16.9 Å². The van der Waals surface area contributed by atoms with Crippen molar-refractivity contribution < 1.29 is 19.2 Å². The Labute approximate surface area is 232 Å². The van der Waals surface area contributed by atoms with Crippen LogP contribution in [0, 0.1) is 16.0 Å². The maximum absolute atomic E-state index is 13.4. The molecule has 1 atom stereocenters. The van der Waals surface area contributed by atoms with Crippen molar-refractivity contribution >= 4 is 56.6 Å². The lowest BCUT2D eigenvalue weighted by Gasteiger charge is -2.28. The predicted molar refractivity (Wildman–Crippen MR) is 146 cm³/mol. The summed E-state index contributed by atoms with van der Waals surface area (Å²) < 4.78 is 6.83. The van der Waals surface area contributed by atoms with Crippen LogP contribution in [0.15, 0.2) is 65.1 Å². The number of amides is 2. The van der Waals surface area contributed by atoms with Gasteiger partial charge in [-0.15, -0.1) is 0 Å². The second-order valence-corrected chi connectivity index (χ2v) is 10.4. The molecule has 0 saturated carbocycles. The molecule has 0 saturated heterocycles. The molecule has 3 rings (SSSR count). The number of carbonyl (C=O) groups excluding carboxylic acids is 2. The highest BCUT2D eigenvalue weighted by Crippen LogP contribution is 2.31. The van der Waals surface area contributed by atoms with E-state index in [0.29, 0.717) is 16.5 Å². The predicted octanol–water partition coefficient (Wildman–Crippen LogP) is 6.87. The van der Waals surface area contributed by atoms with Gasteiger partial charge in [-0.1, -0.05) is 65.1 Å². The number of nitrogens with zero attached hydrogens (tertiary/aromatic N) is 2. The van der Waals surface area contributed by atoms with Crippen LogP contribution in [-0.4, -0.2) is 34.7 Å². The Morgan fingerprint density at radius 3 is 2.49 bits per heavy atom. The zero-order valence-corrected chi connectivity index (χ0v) is 23.3.